The van der Waals surface area contributed by atoms with Crippen molar-refractivity contribution in [2.75, 3.05) is 5.32 Å². The van der Waals surface area contributed by atoms with E-state index in [2.05, 4.69) is 76.0 Å². The van der Waals surface area contributed by atoms with Gasteiger partial charge >= 0.3 is 0 Å². The molecule has 26 heavy (non-hydrogen) atoms. The molecule has 0 saturated heterocycles. The van der Waals surface area contributed by atoms with Gasteiger partial charge in [-0.3, -0.25) is 5.10 Å². The average Bonchev–Trinajstić information content (AvgIpc) is 3.27. The molecule has 3 N–H and O–H groups in total. The van der Waals surface area contributed by atoms with Gasteiger partial charge in [0.25, 0.3) is 0 Å². The van der Waals surface area contributed by atoms with Gasteiger partial charge in [-0.1, -0.05) is 27.7 Å². The number of aromatic amines is 2. The van der Waals surface area contributed by atoms with Gasteiger partial charge in [0.2, 0.25) is 5.82 Å². The first-order valence-electron chi connectivity index (χ1n) is 8.45. The van der Waals surface area contributed by atoms with Crippen molar-refractivity contribution in [2.45, 2.75) is 44.9 Å². The number of rotatable bonds is 3. The molecule has 0 unspecified atom stereocenters. The van der Waals surface area contributed by atoms with Gasteiger partial charge in [-0.2, -0.15) is 15.6 Å². The highest BCUT2D eigenvalue weighted by atomic mass is 15.5. The van der Waals surface area contributed by atoms with E-state index in [0.29, 0.717) is 5.57 Å². The molecule has 8 nitrogen and oxygen atoms in total. The Morgan fingerprint density at radius 3 is 2.81 bits per heavy atom. The number of nitriles is 1. The third-order valence-corrected chi connectivity index (χ3v) is 5.10. The number of hydrogen-bond donors (Lipinski definition) is 3. The van der Waals surface area contributed by atoms with Gasteiger partial charge in [0.1, 0.15) is 11.6 Å². The zero-order valence-corrected chi connectivity index (χ0v) is 15.2. The lowest BCUT2D eigenvalue weighted by Gasteiger charge is -2.23. The number of benzene rings is 1. The van der Waals surface area contributed by atoms with Gasteiger partial charge < -0.3 is 5.32 Å². The first kappa shape index (κ1) is 16.3. The number of fused-ring (bicyclic) bond motifs is 2. The van der Waals surface area contributed by atoms with Gasteiger partial charge in [0.15, 0.2) is 0 Å². The molecule has 0 amide bonds. The molecule has 1 aromatic carbocycles. The Morgan fingerprint density at radius 1 is 1.31 bits per heavy atom. The summed E-state index contributed by atoms with van der Waals surface area (Å²) in [7, 11) is 0. The maximum absolute atomic E-state index is 9.43. The first-order chi connectivity index (χ1) is 12.3. The number of aromatic nitrogens is 6. The summed E-state index contributed by atoms with van der Waals surface area (Å²) in [5.74, 6) is 0.260. The van der Waals surface area contributed by atoms with Crippen LogP contribution in [0.15, 0.2) is 18.5 Å². The normalized spacial score (nSPS) is 17.9. The molecule has 8 heteroatoms. The van der Waals surface area contributed by atoms with E-state index in [4.69, 9.17) is 0 Å². The molecule has 0 saturated carbocycles. The summed E-state index contributed by atoms with van der Waals surface area (Å²) in [6.45, 7) is 9.04. The van der Waals surface area contributed by atoms with Crippen molar-refractivity contribution in [3.05, 3.63) is 35.4 Å². The van der Waals surface area contributed by atoms with Crippen molar-refractivity contribution in [1.29, 1.82) is 5.26 Å². The molecule has 1 aliphatic carbocycles. The minimum atomic E-state index is -0.000582. The van der Waals surface area contributed by atoms with Crippen LogP contribution in [0.3, 0.4) is 0 Å². The predicted molar refractivity (Wildman–Crippen MR) is 98.2 cm³/mol. The fraction of sp³-hybridized carbons (Fsp3) is 0.389. The quantitative estimate of drug-likeness (QED) is 0.626. The van der Waals surface area contributed by atoms with E-state index in [1.807, 2.05) is 6.20 Å². The Labute approximate surface area is 150 Å². The third-order valence-electron chi connectivity index (χ3n) is 5.10. The van der Waals surface area contributed by atoms with Crippen LogP contribution in [-0.2, 0) is 10.8 Å². The Morgan fingerprint density at radius 2 is 2.12 bits per heavy atom. The van der Waals surface area contributed by atoms with Crippen LogP contribution in [0, 0.1) is 11.3 Å². The van der Waals surface area contributed by atoms with Gasteiger partial charge in [-0.25, -0.2) is 0 Å². The second kappa shape index (κ2) is 5.39. The van der Waals surface area contributed by atoms with E-state index < -0.39 is 0 Å². The summed E-state index contributed by atoms with van der Waals surface area (Å²) in [6.07, 6.45) is 4.49. The van der Waals surface area contributed by atoms with E-state index in [1.165, 1.54) is 11.1 Å². The zero-order valence-electron chi connectivity index (χ0n) is 15.2. The minimum absolute atomic E-state index is 0.000582. The largest absolute Gasteiger partial charge is 0.359 e. The molecular formula is C18H20N8. The topological polar surface area (TPSA) is 119 Å². The van der Waals surface area contributed by atoms with Crippen molar-refractivity contribution in [1.82, 2.24) is 30.8 Å². The highest BCUT2D eigenvalue weighted by Crippen LogP contribution is 2.53. The summed E-state index contributed by atoms with van der Waals surface area (Å²) in [5.41, 5.74) is 4.87. The second-order valence-corrected chi connectivity index (χ2v) is 8.00. The number of anilines is 1. The highest BCUT2D eigenvalue weighted by Gasteiger charge is 2.44. The number of hydrogen-bond acceptors (Lipinski definition) is 6. The van der Waals surface area contributed by atoms with Crippen molar-refractivity contribution in [3.63, 3.8) is 0 Å². The second-order valence-electron chi connectivity index (χ2n) is 8.00. The Bertz CT molecular complexity index is 1050. The number of H-pyrrole nitrogens is 2. The standard InChI is InChI=1S/C18H20N8/c1-17(2)9-18(3,4)14-12(17)5-13-11(8-21-22-13)15(14)20-7-10(6-19)16-23-25-26-24-16/h5,7-8,20H,9H2,1-4H3,(H,21,22)(H,23,24,25,26). The zero-order chi connectivity index (χ0) is 18.5. The van der Waals surface area contributed by atoms with E-state index in [9.17, 15) is 5.26 Å². The average molecular weight is 348 g/mol. The van der Waals surface area contributed by atoms with Gasteiger partial charge in [-0.15, -0.1) is 10.2 Å². The lowest BCUT2D eigenvalue weighted by Crippen LogP contribution is -2.18. The molecule has 132 valence electrons. The van der Waals surface area contributed by atoms with Gasteiger partial charge in [0.05, 0.1) is 17.4 Å². The molecule has 0 atom stereocenters. The third kappa shape index (κ3) is 2.36. The van der Waals surface area contributed by atoms with Crippen molar-refractivity contribution in [2.24, 2.45) is 0 Å². The number of nitrogens with zero attached hydrogens (tertiary/aromatic N) is 5. The maximum atomic E-state index is 9.43. The number of allylic oxidation sites excluding steroid dienone is 1. The van der Waals surface area contributed by atoms with Crippen LogP contribution < -0.4 is 5.32 Å². The van der Waals surface area contributed by atoms with E-state index in [1.54, 1.807) is 6.20 Å². The van der Waals surface area contributed by atoms with Crippen LogP contribution in [0.25, 0.3) is 16.5 Å². The lowest BCUT2D eigenvalue weighted by molar-refractivity contribution is 0.403. The summed E-state index contributed by atoms with van der Waals surface area (Å²) in [4.78, 5) is 0. The van der Waals surface area contributed by atoms with Crippen molar-refractivity contribution < 1.29 is 0 Å². The summed E-state index contributed by atoms with van der Waals surface area (Å²) in [6, 6.07) is 4.31. The summed E-state index contributed by atoms with van der Waals surface area (Å²) < 4.78 is 0. The smallest absolute Gasteiger partial charge is 0.216 e. The van der Waals surface area contributed by atoms with Gasteiger partial charge in [-0.05, 0) is 39.7 Å². The molecular weight excluding hydrogens is 328 g/mol. The van der Waals surface area contributed by atoms with Crippen LogP contribution in [-0.4, -0.2) is 30.8 Å². The number of tetrazole rings is 1. The van der Waals surface area contributed by atoms with E-state index >= 15 is 0 Å². The Balaban J connectivity index is 1.90. The molecule has 0 radical (unpaired) electrons. The summed E-state index contributed by atoms with van der Waals surface area (Å²) in [5, 5.41) is 34.7. The SMILES string of the molecule is CC1(C)CC(C)(C)c2c1cc1[nH]ncc1c2NC=C(C#N)c1nn[nH]n1. The minimum Gasteiger partial charge on any atom is -0.359 e. The fourth-order valence-electron chi connectivity index (χ4n) is 4.33. The van der Waals surface area contributed by atoms with E-state index in [-0.39, 0.29) is 16.7 Å². The van der Waals surface area contributed by atoms with Crippen LogP contribution in [0.2, 0.25) is 0 Å². The molecule has 2 aromatic heterocycles. The maximum Gasteiger partial charge on any atom is 0.216 e. The fourth-order valence-corrected chi connectivity index (χ4v) is 4.33. The Hall–Kier alpha value is -3.21. The van der Waals surface area contributed by atoms with Crippen molar-refractivity contribution >= 4 is 22.2 Å². The molecule has 1 aliphatic rings. The van der Waals surface area contributed by atoms with Crippen molar-refractivity contribution in [3.8, 4) is 6.07 Å². The van der Waals surface area contributed by atoms with Crippen LogP contribution >= 0.6 is 0 Å². The predicted octanol–water partition coefficient (Wildman–Crippen LogP) is 3.01. The molecule has 0 aliphatic heterocycles. The highest BCUT2D eigenvalue weighted by molar-refractivity contribution is 5.96. The van der Waals surface area contributed by atoms with Crippen LogP contribution in [0.4, 0.5) is 5.69 Å². The lowest BCUT2D eigenvalue weighted by atomic mass is 9.81. The Kier molecular flexibility index (Phi) is 3.37. The summed E-state index contributed by atoms with van der Waals surface area (Å²) >= 11 is 0. The van der Waals surface area contributed by atoms with Gasteiger partial charge in [0, 0.05) is 11.6 Å². The van der Waals surface area contributed by atoms with Crippen LogP contribution in [0.1, 0.15) is 51.1 Å². The molecule has 0 spiro atoms. The molecule has 3 aromatic rings. The molecule has 2 heterocycles. The number of nitrogens with one attached hydrogen (secondary N) is 3. The monoisotopic (exact) mass is 348 g/mol. The molecule has 4 rings (SSSR count). The van der Waals surface area contributed by atoms with Crippen LogP contribution in [0.5, 0.6) is 0 Å². The van der Waals surface area contributed by atoms with E-state index in [0.717, 1.165) is 23.0 Å². The molecule has 0 fully saturated rings. The molecule has 0 bridgehead atoms. The first-order valence-corrected chi connectivity index (χ1v) is 8.45.